The van der Waals surface area contributed by atoms with Crippen LogP contribution >= 0.6 is 11.6 Å². The van der Waals surface area contributed by atoms with Crippen molar-refractivity contribution in [2.75, 3.05) is 19.0 Å². The predicted octanol–water partition coefficient (Wildman–Crippen LogP) is 3.65. The zero-order valence-electron chi connectivity index (χ0n) is 14.5. The molecule has 24 heavy (non-hydrogen) atoms. The summed E-state index contributed by atoms with van der Waals surface area (Å²) in [5, 5.41) is 3.70. The zero-order valence-corrected chi connectivity index (χ0v) is 16.1. The number of hydrogen-bond acceptors (Lipinski definition) is 4. The van der Waals surface area contributed by atoms with Gasteiger partial charge in [-0.1, -0.05) is 11.6 Å². The van der Waals surface area contributed by atoms with Gasteiger partial charge in [-0.2, -0.15) is 0 Å². The molecule has 0 aliphatic heterocycles. The number of rotatable bonds is 7. The highest BCUT2D eigenvalue weighted by molar-refractivity contribution is 7.90. The van der Waals surface area contributed by atoms with Crippen LogP contribution in [0.4, 0.5) is 5.69 Å². The number of halogens is 1. The summed E-state index contributed by atoms with van der Waals surface area (Å²) in [6, 6.07) is 5.58. The van der Waals surface area contributed by atoms with Crippen LogP contribution in [-0.4, -0.2) is 33.4 Å². The summed E-state index contributed by atoms with van der Waals surface area (Å²) < 4.78 is 32.1. The molecule has 0 heterocycles. The number of anilines is 1. The van der Waals surface area contributed by atoms with Crippen molar-refractivity contribution in [2.24, 2.45) is 5.92 Å². The van der Waals surface area contributed by atoms with Gasteiger partial charge in [-0.05, 0) is 63.6 Å². The van der Waals surface area contributed by atoms with E-state index in [0.29, 0.717) is 10.9 Å². The maximum Gasteiger partial charge on any atom is 0.214 e. The molecule has 1 saturated carbocycles. The Kier molecular flexibility index (Phi) is 6.78. The molecular weight excluding hydrogens is 348 g/mol. The molecule has 1 aliphatic carbocycles. The Labute approximate surface area is 150 Å². The molecule has 1 aromatic carbocycles. The molecule has 0 radical (unpaired) electrons. The first-order chi connectivity index (χ1) is 11.3. The van der Waals surface area contributed by atoms with Gasteiger partial charge in [-0.3, -0.25) is 0 Å². The predicted molar refractivity (Wildman–Crippen MR) is 99.4 cm³/mol. The van der Waals surface area contributed by atoms with E-state index in [9.17, 15) is 8.42 Å². The summed E-state index contributed by atoms with van der Waals surface area (Å²) in [6.07, 6.45) is 3.76. The molecule has 1 aliphatic rings. The van der Waals surface area contributed by atoms with Crippen molar-refractivity contribution >= 4 is 27.3 Å². The summed E-state index contributed by atoms with van der Waals surface area (Å²) in [7, 11) is -1.54. The standard InChI is InChI=1S/C17H27ClN2O3S/c1-12(2)24(21,22)20-15-7-4-13(5-8-15)11-19-16-10-14(18)6-9-17(16)23-3/h6,9-10,12-13,15,19-20H,4-5,7-8,11H2,1-3H3. The normalized spacial score (nSPS) is 21.7. The first-order valence-corrected chi connectivity index (χ1v) is 10.3. The third-order valence-corrected chi connectivity index (χ3v) is 6.68. The van der Waals surface area contributed by atoms with Gasteiger partial charge in [0.05, 0.1) is 18.0 Å². The van der Waals surface area contributed by atoms with E-state index in [0.717, 1.165) is 43.7 Å². The minimum absolute atomic E-state index is 0.0642. The van der Waals surface area contributed by atoms with Gasteiger partial charge in [-0.25, -0.2) is 13.1 Å². The quantitative estimate of drug-likeness (QED) is 0.764. The second-order valence-electron chi connectivity index (χ2n) is 6.65. The minimum Gasteiger partial charge on any atom is -0.495 e. The highest BCUT2D eigenvalue weighted by Gasteiger charge is 2.26. The molecular formula is C17H27ClN2O3S. The molecule has 0 aromatic heterocycles. The third kappa shape index (κ3) is 5.26. The summed E-state index contributed by atoms with van der Waals surface area (Å²) in [5.74, 6) is 1.30. The Morgan fingerprint density at radius 1 is 1.25 bits per heavy atom. The fraction of sp³-hybridized carbons (Fsp3) is 0.647. The van der Waals surface area contributed by atoms with Gasteiger partial charge in [0, 0.05) is 17.6 Å². The number of benzene rings is 1. The van der Waals surface area contributed by atoms with Gasteiger partial charge in [0.25, 0.3) is 0 Å². The summed E-state index contributed by atoms with van der Waals surface area (Å²) in [5.41, 5.74) is 0.896. The Morgan fingerprint density at radius 2 is 1.92 bits per heavy atom. The smallest absolute Gasteiger partial charge is 0.214 e. The van der Waals surface area contributed by atoms with Crippen molar-refractivity contribution in [3.63, 3.8) is 0 Å². The van der Waals surface area contributed by atoms with Crippen molar-refractivity contribution in [1.29, 1.82) is 0 Å². The minimum atomic E-state index is -3.18. The van der Waals surface area contributed by atoms with Gasteiger partial charge in [0.15, 0.2) is 0 Å². The summed E-state index contributed by atoms with van der Waals surface area (Å²) in [4.78, 5) is 0. The fourth-order valence-electron chi connectivity index (χ4n) is 2.93. The fourth-order valence-corrected chi connectivity index (χ4v) is 4.07. The lowest BCUT2D eigenvalue weighted by Crippen LogP contribution is -2.41. The van der Waals surface area contributed by atoms with Crippen LogP contribution in [-0.2, 0) is 10.0 Å². The van der Waals surface area contributed by atoms with Crippen LogP contribution < -0.4 is 14.8 Å². The average Bonchev–Trinajstić information content (AvgIpc) is 2.54. The Morgan fingerprint density at radius 3 is 2.50 bits per heavy atom. The lowest BCUT2D eigenvalue weighted by atomic mass is 9.86. The molecule has 0 spiro atoms. The lowest BCUT2D eigenvalue weighted by molar-refractivity contribution is 0.323. The second-order valence-corrected chi connectivity index (χ2v) is 9.36. The molecule has 0 unspecified atom stereocenters. The summed E-state index contributed by atoms with van der Waals surface area (Å²) in [6.45, 7) is 4.24. The number of nitrogens with one attached hydrogen (secondary N) is 2. The van der Waals surface area contributed by atoms with Gasteiger partial charge >= 0.3 is 0 Å². The molecule has 0 bridgehead atoms. The van der Waals surface area contributed by atoms with Crippen molar-refractivity contribution in [3.8, 4) is 5.75 Å². The van der Waals surface area contributed by atoms with Gasteiger partial charge in [0.1, 0.15) is 5.75 Å². The molecule has 136 valence electrons. The average molecular weight is 375 g/mol. The highest BCUT2D eigenvalue weighted by atomic mass is 35.5. The number of methoxy groups -OCH3 is 1. The Bertz CT molecular complexity index is 641. The van der Waals surface area contributed by atoms with E-state index in [2.05, 4.69) is 10.0 Å². The third-order valence-electron chi connectivity index (χ3n) is 4.54. The van der Waals surface area contributed by atoms with Crippen LogP contribution in [0.5, 0.6) is 5.75 Å². The van der Waals surface area contributed by atoms with E-state index in [1.165, 1.54) is 0 Å². The van der Waals surface area contributed by atoms with E-state index in [1.807, 2.05) is 12.1 Å². The van der Waals surface area contributed by atoms with Crippen molar-refractivity contribution in [2.45, 2.75) is 50.8 Å². The van der Waals surface area contributed by atoms with E-state index in [-0.39, 0.29) is 11.3 Å². The van der Waals surface area contributed by atoms with E-state index in [4.69, 9.17) is 16.3 Å². The van der Waals surface area contributed by atoms with Gasteiger partial charge < -0.3 is 10.1 Å². The van der Waals surface area contributed by atoms with Crippen molar-refractivity contribution in [3.05, 3.63) is 23.2 Å². The topological polar surface area (TPSA) is 67.4 Å². The molecule has 1 fully saturated rings. The van der Waals surface area contributed by atoms with E-state index < -0.39 is 10.0 Å². The molecule has 2 N–H and O–H groups in total. The van der Waals surface area contributed by atoms with Crippen LogP contribution in [0.3, 0.4) is 0 Å². The second kappa shape index (κ2) is 8.41. The van der Waals surface area contributed by atoms with Crippen LogP contribution in [0.1, 0.15) is 39.5 Å². The summed E-state index contributed by atoms with van der Waals surface area (Å²) >= 11 is 6.04. The van der Waals surface area contributed by atoms with Crippen LogP contribution in [0.25, 0.3) is 0 Å². The molecule has 7 heteroatoms. The van der Waals surface area contributed by atoms with Crippen LogP contribution in [0.15, 0.2) is 18.2 Å². The number of ether oxygens (including phenoxy) is 1. The van der Waals surface area contributed by atoms with Gasteiger partial charge in [0.2, 0.25) is 10.0 Å². The Balaban J connectivity index is 1.83. The number of hydrogen-bond donors (Lipinski definition) is 2. The van der Waals surface area contributed by atoms with Crippen LogP contribution in [0, 0.1) is 5.92 Å². The molecule has 0 saturated heterocycles. The first-order valence-electron chi connectivity index (χ1n) is 8.40. The van der Waals surface area contributed by atoms with Crippen LogP contribution in [0.2, 0.25) is 5.02 Å². The van der Waals surface area contributed by atoms with Crippen molar-refractivity contribution in [1.82, 2.24) is 4.72 Å². The number of sulfonamides is 1. The Hall–Kier alpha value is -0.980. The van der Waals surface area contributed by atoms with E-state index in [1.54, 1.807) is 27.0 Å². The molecule has 1 aromatic rings. The maximum absolute atomic E-state index is 11.9. The monoisotopic (exact) mass is 374 g/mol. The van der Waals surface area contributed by atoms with E-state index >= 15 is 0 Å². The molecule has 0 amide bonds. The molecule has 5 nitrogen and oxygen atoms in total. The zero-order chi connectivity index (χ0) is 17.7. The highest BCUT2D eigenvalue weighted by Crippen LogP contribution is 2.30. The molecule has 2 rings (SSSR count). The largest absolute Gasteiger partial charge is 0.495 e. The lowest BCUT2D eigenvalue weighted by Gasteiger charge is -2.30. The first kappa shape index (κ1) is 19.3. The molecule has 0 atom stereocenters. The SMILES string of the molecule is COc1ccc(Cl)cc1NCC1CCC(NS(=O)(=O)C(C)C)CC1. The van der Waals surface area contributed by atoms with Gasteiger partial charge in [-0.15, -0.1) is 0 Å². The van der Waals surface area contributed by atoms with Crippen molar-refractivity contribution < 1.29 is 13.2 Å². The maximum atomic E-state index is 11.9.